The van der Waals surface area contributed by atoms with Gasteiger partial charge in [0.2, 0.25) is 5.91 Å². The van der Waals surface area contributed by atoms with Gasteiger partial charge in [0, 0.05) is 12.8 Å². The van der Waals surface area contributed by atoms with Crippen LogP contribution in [-0.2, 0) is 14.3 Å². The third-order valence-electron chi connectivity index (χ3n) is 13.1. The second-order valence-electron chi connectivity index (χ2n) is 19.6. The Morgan fingerprint density at radius 3 is 1.18 bits per heavy atom. The summed E-state index contributed by atoms with van der Waals surface area (Å²) in [6.45, 7) is 4.80. The predicted molar refractivity (Wildman–Crippen MR) is 287 cm³/mol. The van der Waals surface area contributed by atoms with Crippen LogP contribution in [0, 0.1) is 0 Å². The molecule has 386 valence electrons. The maximum atomic E-state index is 12.4. The van der Waals surface area contributed by atoms with Crippen molar-refractivity contribution >= 4 is 11.9 Å². The van der Waals surface area contributed by atoms with Crippen LogP contribution in [0.1, 0.15) is 296 Å². The fourth-order valence-electron chi connectivity index (χ4n) is 8.68. The number of unbranched alkanes of at least 4 members (excludes halogenated alkanes) is 34. The molecule has 6 heteroatoms. The quantitative estimate of drug-likeness (QED) is 0.0321. The van der Waals surface area contributed by atoms with Crippen molar-refractivity contribution in [3.8, 4) is 0 Å². The normalized spacial score (nSPS) is 13.0. The van der Waals surface area contributed by atoms with Crippen LogP contribution in [0.2, 0.25) is 0 Å². The monoisotopic (exact) mass is 926 g/mol. The first-order valence-electron chi connectivity index (χ1n) is 28.9. The topological polar surface area (TPSA) is 95.9 Å². The Morgan fingerprint density at radius 1 is 0.424 bits per heavy atom. The third-order valence-corrected chi connectivity index (χ3v) is 13.1. The number of carbonyl (C=O) groups excluding carboxylic acids is 2. The van der Waals surface area contributed by atoms with Crippen LogP contribution in [0.25, 0.3) is 0 Å². The van der Waals surface area contributed by atoms with Gasteiger partial charge >= 0.3 is 5.97 Å². The van der Waals surface area contributed by atoms with Crippen molar-refractivity contribution < 1.29 is 24.5 Å². The lowest BCUT2D eigenvalue weighted by Gasteiger charge is -2.22. The Morgan fingerprint density at radius 2 is 0.758 bits per heavy atom. The standard InChI is InChI=1S/C60H111NO5/c1-3-5-7-9-11-13-14-15-16-17-21-25-28-31-34-38-42-46-50-54-60(65)66-55-51-47-43-39-35-32-29-26-23-20-18-19-22-24-27-30-33-37-41-45-49-53-59(64)61-57(56-62)58(63)52-48-44-40-36-12-10-8-6-4-2/h11,13,15-16,32,35,43,47,57-58,62-63H,3-10,12,14,17-31,33-34,36-42,44-46,48-56H2,1-2H3,(H,61,64)/b13-11-,16-15-,35-32-,47-43-. The highest BCUT2D eigenvalue weighted by molar-refractivity contribution is 5.76. The van der Waals surface area contributed by atoms with E-state index in [0.717, 1.165) is 57.8 Å². The minimum atomic E-state index is -0.666. The number of aliphatic hydroxyl groups excluding tert-OH is 2. The Balaban J connectivity index is 3.43. The minimum absolute atomic E-state index is 0.0396. The highest BCUT2D eigenvalue weighted by Crippen LogP contribution is 2.16. The summed E-state index contributed by atoms with van der Waals surface area (Å²) in [6.07, 6.45) is 69.9. The highest BCUT2D eigenvalue weighted by atomic mass is 16.5. The van der Waals surface area contributed by atoms with Gasteiger partial charge < -0.3 is 20.3 Å². The number of hydrogen-bond acceptors (Lipinski definition) is 5. The van der Waals surface area contributed by atoms with Crippen LogP contribution in [0.4, 0.5) is 0 Å². The molecule has 0 spiro atoms. The van der Waals surface area contributed by atoms with Gasteiger partial charge in [-0.1, -0.05) is 255 Å². The maximum Gasteiger partial charge on any atom is 0.305 e. The van der Waals surface area contributed by atoms with Crippen molar-refractivity contribution in [1.29, 1.82) is 0 Å². The molecule has 0 saturated heterocycles. The molecule has 3 N–H and O–H groups in total. The van der Waals surface area contributed by atoms with Crippen molar-refractivity contribution in [2.24, 2.45) is 0 Å². The smallest absolute Gasteiger partial charge is 0.305 e. The van der Waals surface area contributed by atoms with E-state index in [9.17, 15) is 19.8 Å². The Labute approximate surface area is 410 Å². The summed E-state index contributed by atoms with van der Waals surface area (Å²) >= 11 is 0. The Kier molecular flexibility index (Phi) is 53.6. The molecule has 0 heterocycles. The average Bonchev–Trinajstić information content (AvgIpc) is 3.32. The number of carbonyl (C=O) groups is 2. The van der Waals surface area contributed by atoms with Crippen molar-refractivity contribution in [2.75, 3.05) is 13.2 Å². The summed E-state index contributed by atoms with van der Waals surface area (Å²) in [4.78, 5) is 24.5. The number of aliphatic hydroxyl groups is 2. The zero-order valence-corrected chi connectivity index (χ0v) is 43.9. The molecule has 0 bridgehead atoms. The van der Waals surface area contributed by atoms with Gasteiger partial charge in [0.25, 0.3) is 0 Å². The first-order valence-corrected chi connectivity index (χ1v) is 28.9. The number of rotatable bonds is 53. The molecule has 0 rings (SSSR count). The Bertz CT molecular complexity index is 1110. The van der Waals surface area contributed by atoms with Crippen LogP contribution in [-0.4, -0.2) is 47.4 Å². The van der Waals surface area contributed by atoms with Gasteiger partial charge in [-0.25, -0.2) is 0 Å². The summed E-state index contributed by atoms with van der Waals surface area (Å²) in [6, 6.07) is -0.544. The van der Waals surface area contributed by atoms with Crippen LogP contribution < -0.4 is 5.32 Å². The molecule has 0 saturated carbocycles. The van der Waals surface area contributed by atoms with E-state index in [0.29, 0.717) is 25.9 Å². The van der Waals surface area contributed by atoms with E-state index in [2.05, 4.69) is 67.8 Å². The molecular formula is C60H111NO5. The third kappa shape index (κ3) is 51.2. The van der Waals surface area contributed by atoms with Gasteiger partial charge in [-0.3, -0.25) is 9.59 Å². The van der Waals surface area contributed by atoms with Crippen LogP contribution in [0.3, 0.4) is 0 Å². The second-order valence-corrected chi connectivity index (χ2v) is 19.6. The number of allylic oxidation sites excluding steroid dienone is 7. The van der Waals surface area contributed by atoms with Crippen molar-refractivity contribution in [2.45, 2.75) is 309 Å². The molecule has 0 aliphatic rings. The molecular weight excluding hydrogens is 815 g/mol. The van der Waals surface area contributed by atoms with E-state index in [1.165, 1.54) is 205 Å². The molecule has 6 nitrogen and oxygen atoms in total. The predicted octanol–water partition coefficient (Wildman–Crippen LogP) is 17.8. The first-order chi connectivity index (χ1) is 32.5. The molecule has 0 aliphatic carbocycles. The zero-order valence-electron chi connectivity index (χ0n) is 43.9. The fraction of sp³-hybridized carbons (Fsp3) is 0.833. The molecule has 0 aromatic heterocycles. The summed E-state index contributed by atoms with van der Waals surface area (Å²) in [5.74, 6) is -0.0824. The minimum Gasteiger partial charge on any atom is -0.465 e. The molecule has 0 aliphatic heterocycles. The highest BCUT2D eigenvalue weighted by Gasteiger charge is 2.20. The van der Waals surface area contributed by atoms with Crippen LogP contribution in [0.5, 0.6) is 0 Å². The summed E-state index contributed by atoms with van der Waals surface area (Å²) < 4.78 is 5.42. The summed E-state index contributed by atoms with van der Waals surface area (Å²) in [5, 5.41) is 23.1. The molecule has 0 fully saturated rings. The van der Waals surface area contributed by atoms with Gasteiger partial charge in [0.05, 0.1) is 25.4 Å². The first kappa shape index (κ1) is 63.8. The van der Waals surface area contributed by atoms with Gasteiger partial charge in [-0.05, 0) is 77.0 Å². The van der Waals surface area contributed by atoms with E-state index in [1.807, 2.05) is 0 Å². The van der Waals surface area contributed by atoms with E-state index in [1.54, 1.807) is 0 Å². The van der Waals surface area contributed by atoms with Gasteiger partial charge in [0.1, 0.15) is 0 Å². The van der Waals surface area contributed by atoms with E-state index in [-0.39, 0.29) is 18.5 Å². The van der Waals surface area contributed by atoms with Crippen LogP contribution >= 0.6 is 0 Å². The Hall–Kier alpha value is -2.18. The molecule has 2 atom stereocenters. The number of nitrogens with one attached hydrogen (secondary N) is 1. The van der Waals surface area contributed by atoms with Crippen molar-refractivity contribution in [3.63, 3.8) is 0 Å². The van der Waals surface area contributed by atoms with Crippen LogP contribution in [0.15, 0.2) is 48.6 Å². The molecule has 1 amide bonds. The molecule has 0 radical (unpaired) electrons. The van der Waals surface area contributed by atoms with E-state index >= 15 is 0 Å². The zero-order chi connectivity index (χ0) is 47.9. The SMILES string of the molecule is CCCCC/C=C\C/C=C\CCCCCCCCCCCC(=O)OCC/C=C\C/C=C\CCCCCCCCCCCCCCCCC(=O)NC(CO)C(O)CCCCCCCCCCC. The second kappa shape index (κ2) is 55.4. The maximum absolute atomic E-state index is 12.4. The summed E-state index contributed by atoms with van der Waals surface area (Å²) in [7, 11) is 0. The molecule has 66 heavy (non-hydrogen) atoms. The van der Waals surface area contributed by atoms with E-state index in [4.69, 9.17) is 4.74 Å². The van der Waals surface area contributed by atoms with Crippen molar-refractivity contribution in [3.05, 3.63) is 48.6 Å². The summed E-state index contributed by atoms with van der Waals surface area (Å²) in [5.41, 5.74) is 0. The lowest BCUT2D eigenvalue weighted by Crippen LogP contribution is -2.45. The fourth-order valence-corrected chi connectivity index (χ4v) is 8.68. The molecule has 0 aromatic carbocycles. The number of ether oxygens (including phenoxy) is 1. The number of esters is 1. The van der Waals surface area contributed by atoms with Gasteiger partial charge in [0.15, 0.2) is 0 Å². The number of hydrogen-bond donors (Lipinski definition) is 3. The molecule has 0 aromatic rings. The molecule has 2 unspecified atom stereocenters. The van der Waals surface area contributed by atoms with Gasteiger partial charge in [-0.2, -0.15) is 0 Å². The average molecular weight is 927 g/mol. The number of amides is 1. The van der Waals surface area contributed by atoms with E-state index < -0.39 is 12.1 Å². The lowest BCUT2D eigenvalue weighted by molar-refractivity contribution is -0.143. The van der Waals surface area contributed by atoms with Gasteiger partial charge in [-0.15, -0.1) is 0 Å². The lowest BCUT2D eigenvalue weighted by atomic mass is 10.0. The largest absolute Gasteiger partial charge is 0.465 e. The van der Waals surface area contributed by atoms with Crippen molar-refractivity contribution in [1.82, 2.24) is 5.32 Å².